The fraction of sp³-hybridized carbons (Fsp3) is 0.429. The van der Waals surface area contributed by atoms with E-state index < -0.39 is 0 Å². The normalized spacial score (nSPS) is 13.5. The lowest BCUT2D eigenvalue weighted by atomic mass is 10.2. The Hall–Kier alpha value is -0.280. The minimum atomic E-state index is 0.227. The Morgan fingerprint density at radius 3 is 2.90 bits per heavy atom. The fourth-order valence-corrected chi connectivity index (χ4v) is 1.27. The summed E-state index contributed by atoms with van der Waals surface area (Å²) in [6.07, 6.45) is 2.82. The van der Waals surface area contributed by atoms with Gasteiger partial charge in [0.05, 0.1) is 0 Å². The molecule has 0 aliphatic rings. The Morgan fingerprint density at radius 1 is 1.80 bits per heavy atom. The molecule has 2 nitrogen and oxygen atoms in total. The van der Waals surface area contributed by atoms with Gasteiger partial charge in [-0.15, -0.1) is 0 Å². The molecule has 1 aromatic heterocycles. The van der Waals surface area contributed by atoms with Crippen LogP contribution in [0.3, 0.4) is 0 Å². The molecule has 1 rings (SSSR count). The quantitative estimate of drug-likeness (QED) is 0.754. The Bertz CT molecular complexity index is 205. The SMILES string of the molecule is CC(N)Cc1cc(Br)c[nH]1. The van der Waals surface area contributed by atoms with E-state index in [0.29, 0.717) is 0 Å². The van der Waals surface area contributed by atoms with Crippen LogP contribution >= 0.6 is 15.9 Å². The summed E-state index contributed by atoms with van der Waals surface area (Å²) >= 11 is 3.35. The smallest absolute Gasteiger partial charge is 0.0352 e. The van der Waals surface area contributed by atoms with Crippen LogP contribution < -0.4 is 5.73 Å². The van der Waals surface area contributed by atoms with Crippen molar-refractivity contribution in [3.8, 4) is 0 Å². The molecule has 0 aliphatic carbocycles. The second kappa shape index (κ2) is 3.21. The molecule has 0 aliphatic heterocycles. The minimum Gasteiger partial charge on any atom is -0.364 e. The standard InChI is InChI=1S/C7H11BrN2/c1-5(9)2-7-3-6(8)4-10-7/h3-5,10H,2,9H2,1H3. The third kappa shape index (κ3) is 2.15. The molecule has 56 valence electrons. The summed E-state index contributed by atoms with van der Waals surface area (Å²) < 4.78 is 1.09. The molecule has 0 saturated heterocycles. The van der Waals surface area contributed by atoms with Crippen LogP contribution in [-0.2, 0) is 6.42 Å². The van der Waals surface area contributed by atoms with Gasteiger partial charge in [-0.2, -0.15) is 0 Å². The molecule has 0 amide bonds. The predicted molar refractivity (Wildman–Crippen MR) is 45.8 cm³/mol. The van der Waals surface area contributed by atoms with E-state index in [4.69, 9.17) is 5.73 Å². The van der Waals surface area contributed by atoms with E-state index in [2.05, 4.69) is 20.9 Å². The van der Waals surface area contributed by atoms with Crippen molar-refractivity contribution in [1.29, 1.82) is 0 Å². The number of rotatable bonds is 2. The lowest BCUT2D eigenvalue weighted by Gasteiger charge is -2.00. The van der Waals surface area contributed by atoms with Crippen LogP contribution in [0.4, 0.5) is 0 Å². The Kier molecular flexibility index (Phi) is 2.51. The number of hydrogen-bond acceptors (Lipinski definition) is 1. The van der Waals surface area contributed by atoms with Gasteiger partial charge in [0.25, 0.3) is 0 Å². The maximum absolute atomic E-state index is 5.60. The summed E-state index contributed by atoms with van der Waals surface area (Å²) in [5, 5.41) is 0. The molecule has 10 heavy (non-hydrogen) atoms. The molecule has 1 unspecified atom stereocenters. The van der Waals surface area contributed by atoms with E-state index in [1.807, 2.05) is 19.2 Å². The van der Waals surface area contributed by atoms with Crippen LogP contribution in [0.15, 0.2) is 16.7 Å². The lowest BCUT2D eigenvalue weighted by Crippen LogP contribution is -2.17. The second-order valence-electron chi connectivity index (χ2n) is 2.52. The molecule has 1 heterocycles. The second-order valence-corrected chi connectivity index (χ2v) is 3.44. The largest absolute Gasteiger partial charge is 0.364 e. The van der Waals surface area contributed by atoms with Gasteiger partial charge in [-0.3, -0.25) is 0 Å². The van der Waals surface area contributed by atoms with Gasteiger partial charge in [0.2, 0.25) is 0 Å². The average Bonchev–Trinajstić information content (AvgIpc) is 2.13. The number of aromatic nitrogens is 1. The van der Waals surface area contributed by atoms with Gasteiger partial charge in [-0.1, -0.05) is 0 Å². The number of nitrogens with one attached hydrogen (secondary N) is 1. The zero-order chi connectivity index (χ0) is 7.56. The highest BCUT2D eigenvalue weighted by Gasteiger charge is 1.98. The van der Waals surface area contributed by atoms with E-state index >= 15 is 0 Å². The molecule has 0 radical (unpaired) electrons. The summed E-state index contributed by atoms with van der Waals surface area (Å²) in [5.74, 6) is 0. The topological polar surface area (TPSA) is 41.8 Å². The maximum atomic E-state index is 5.60. The van der Waals surface area contributed by atoms with Crippen molar-refractivity contribution >= 4 is 15.9 Å². The van der Waals surface area contributed by atoms with Gasteiger partial charge in [0.1, 0.15) is 0 Å². The summed E-state index contributed by atoms with van der Waals surface area (Å²) in [6.45, 7) is 1.99. The number of hydrogen-bond donors (Lipinski definition) is 2. The van der Waals surface area contributed by atoms with E-state index in [-0.39, 0.29) is 6.04 Å². The number of aromatic amines is 1. The molecular weight excluding hydrogens is 192 g/mol. The third-order valence-corrected chi connectivity index (χ3v) is 1.71. The first kappa shape index (κ1) is 7.82. The molecule has 0 saturated carbocycles. The van der Waals surface area contributed by atoms with Crippen LogP contribution in [0, 0.1) is 0 Å². The lowest BCUT2D eigenvalue weighted by molar-refractivity contribution is 0.726. The maximum Gasteiger partial charge on any atom is 0.0352 e. The number of halogens is 1. The molecule has 1 aromatic rings. The number of nitrogens with two attached hydrogens (primary N) is 1. The highest BCUT2D eigenvalue weighted by atomic mass is 79.9. The zero-order valence-corrected chi connectivity index (χ0v) is 7.48. The van der Waals surface area contributed by atoms with Gasteiger partial charge >= 0.3 is 0 Å². The predicted octanol–water partition coefficient (Wildman–Crippen LogP) is 1.67. The van der Waals surface area contributed by atoms with Gasteiger partial charge in [0.15, 0.2) is 0 Å². The molecule has 0 spiro atoms. The van der Waals surface area contributed by atoms with Crippen LogP contribution in [0.2, 0.25) is 0 Å². The Morgan fingerprint density at radius 2 is 2.50 bits per heavy atom. The van der Waals surface area contributed by atoms with Crippen LogP contribution in [0.5, 0.6) is 0 Å². The third-order valence-electron chi connectivity index (χ3n) is 1.25. The van der Waals surface area contributed by atoms with Gasteiger partial charge in [-0.05, 0) is 28.9 Å². The van der Waals surface area contributed by atoms with E-state index in [9.17, 15) is 0 Å². The minimum absolute atomic E-state index is 0.227. The molecule has 0 bridgehead atoms. The Balaban J connectivity index is 2.58. The van der Waals surface area contributed by atoms with Crippen molar-refractivity contribution < 1.29 is 0 Å². The highest BCUT2D eigenvalue weighted by Crippen LogP contribution is 2.11. The monoisotopic (exact) mass is 202 g/mol. The first-order valence-corrected chi connectivity index (χ1v) is 4.06. The fourth-order valence-electron chi connectivity index (χ4n) is 0.876. The van der Waals surface area contributed by atoms with Crippen LogP contribution in [0.1, 0.15) is 12.6 Å². The van der Waals surface area contributed by atoms with Crippen molar-refractivity contribution in [1.82, 2.24) is 4.98 Å². The van der Waals surface area contributed by atoms with E-state index in [0.717, 1.165) is 10.9 Å². The first-order valence-electron chi connectivity index (χ1n) is 3.27. The van der Waals surface area contributed by atoms with Gasteiger partial charge in [-0.25, -0.2) is 0 Å². The first-order chi connectivity index (χ1) is 4.68. The molecule has 0 aromatic carbocycles. The van der Waals surface area contributed by atoms with Crippen molar-refractivity contribution in [3.05, 3.63) is 22.4 Å². The van der Waals surface area contributed by atoms with Crippen LogP contribution in [0.25, 0.3) is 0 Å². The van der Waals surface area contributed by atoms with E-state index in [1.165, 1.54) is 5.69 Å². The van der Waals surface area contributed by atoms with Gasteiger partial charge in [0, 0.05) is 28.8 Å². The highest BCUT2D eigenvalue weighted by molar-refractivity contribution is 9.10. The Labute approximate surface area is 68.9 Å². The van der Waals surface area contributed by atoms with Crippen molar-refractivity contribution in [2.24, 2.45) is 5.73 Å². The van der Waals surface area contributed by atoms with Crippen LogP contribution in [-0.4, -0.2) is 11.0 Å². The average molecular weight is 203 g/mol. The van der Waals surface area contributed by atoms with E-state index in [1.54, 1.807) is 0 Å². The summed E-state index contributed by atoms with van der Waals surface area (Å²) in [4.78, 5) is 3.11. The zero-order valence-electron chi connectivity index (χ0n) is 5.89. The summed E-state index contributed by atoms with van der Waals surface area (Å²) in [6, 6.07) is 2.27. The van der Waals surface area contributed by atoms with Crippen molar-refractivity contribution in [2.75, 3.05) is 0 Å². The number of H-pyrrole nitrogens is 1. The van der Waals surface area contributed by atoms with Crippen molar-refractivity contribution in [3.63, 3.8) is 0 Å². The molecule has 3 heteroatoms. The van der Waals surface area contributed by atoms with Gasteiger partial charge < -0.3 is 10.7 Å². The molecule has 3 N–H and O–H groups in total. The summed E-state index contributed by atoms with van der Waals surface area (Å²) in [5.41, 5.74) is 6.78. The molecule has 0 fully saturated rings. The molecule has 1 atom stereocenters. The van der Waals surface area contributed by atoms with Crippen molar-refractivity contribution in [2.45, 2.75) is 19.4 Å². The summed E-state index contributed by atoms with van der Waals surface area (Å²) in [7, 11) is 0. The molecular formula is C7H11BrN2.